The molecule has 0 fully saturated rings. The molecule has 9 rings (SSSR count). The number of hydrogen-bond acceptors (Lipinski definition) is 0. The fourth-order valence-electron chi connectivity index (χ4n) is 7.60. The molecule has 0 spiro atoms. The van der Waals surface area contributed by atoms with Gasteiger partial charge in [0.2, 0.25) is 0 Å². The maximum atomic E-state index is 2.34. The van der Waals surface area contributed by atoms with Crippen LogP contribution in [0.3, 0.4) is 0 Å². The zero-order chi connectivity index (χ0) is 38.7. The van der Waals surface area contributed by atoms with E-state index < -0.39 is 0 Å². The first kappa shape index (κ1) is 46.9. The fourth-order valence-corrected chi connectivity index (χ4v) is 8.96. The van der Waals surface area contributed by atoms with E-state index in [9.17, 15) is 0 Å². The Labute approximate surface area is 382 Å². The molecule has 2 radical (unpaired) electrons. The van der Waals surface area contributed by atoms with E-state index in [1.165, 1.54) is 87.6 Å². The molecule has 292 valence electrons. The van der Waals surface area contributed by atoms with E-state index in [1.54, 1.807) is 0 Å². The monoisotopic (exact) mass is 890 g/mol. The Morgan fingerprint density at radius 2 is 0.776 bits per heavy atom. The third kappa shape index (κ3) is 10.5. The molecule has 0 aromatic heterocycles. The quantitative estimate of drug-likeness (QED) is 0.127. The van der Waals surface area contributed by atoms with Crippen LogP contribution in [0.5, 0.6) is 0 Å². The molecule has 1 aliphatic rings. The predicted molar refractivity (Wildman–Crippen MR) is 243 cm³/mol. The van der Waals surface area contributed by atoms with Crippen LogP contribution in [0.1, 0.15) is 77.6 Å². The number of halogens is 2. The summed E-state index contributed by atoms with van der Waals surface area (Å²) in [4.78, 5) is 0. The van der Waals surface area contributed by atoms with Crippen molar-refractivity contribution >= 4 is 41.4 Å². The molecular formula is C54H54Cl2SiZr. The van der Waals surface area contributed by atoms with Crippen molar-refractivity contribution in [3.63, 3.8) is 0 Å². The van der Waals surface area contributed by atoms with Crippen molar-refractivity contribution in [3.05, 3.63) is 180 Å². The van der Waals surface area contributed by atoms with Crippen molar-refractivity contribution in [2.75, 3.05) is 0 Å². The topological polar surface area (TPSA) is 0 Å². The van der Waals surface area contributed by atoms with E-state index in [1.807, 2.05) is 0 Å². The largest absolute Gasteiger partial charge is 4.00 e. The normalized spacial score (nSPS) is 11.4. The molecule has 8 aromatic carbocycles. The standard InChI is InChI=1S/2C21H23.C12H8Si.2ClH.Zr/c2*1-5-15-13-17-7-6-8-19(20(17)14-15)16-9-11-18(12-10-16)21(2,3)4;1-3-7-11-9(5-1)10-6-2-4-8-12(10)13-11;;;/h2*6-14H,5H2,1-4H3;1-8H;2*1H;/q2*-1;;;;+4/p-2. The van der Waals surface area contributed by atoms with E-state index in [0.717, 1.165) is 22.4 Å². The summed E-state index contributed by atoms with van der Waals surface area (Å²) in [6.45, 7) is 18.0. The summed E-state index contributed by atoms with van der Waals surface area (Å²) in [5.41, 5.74) is 14.2. The van der Waals surface area contributed by atoms with Crippen LogP contribution in [0, 0.1) is 0 Å². The van der Waals surface area contributed by atoms with E-state index in [0.29, 0.717) is 0 Å². The van der Waals surface area contributed by atoms with Crippen LogP contribution >= 0.6 is 0 Å². The average molecular weight is 893 g/mol. The number of hydrogen-bond donors (Lipinski definition) is 0. The third-order valence-corrected chi connectivity index (χ3v) is 12.4. The number of aryl methyl sites for hydroxylation is 2. The first-order valence-electron chi connectivity index (χ1n) is 20.0. The van der Waals surface area contributed by atoms with E-state index >= 15 is 0 Å². The van der Waals surface area contributed by atoms with Gasteiger partial charge in [-0.25, -0.2) is 0 Å². The van der Waals surface area contributed by atoms with Crippen molar-refractivity contribution in [1.29, 1.82) is 0 Å². The molecule has 0 atom stereocenters. The first-order valence-corrected chi connectivity index (χ1v) is 21.0. The Balaban J connectivity index is 0.000000192. The molecule has 0 amide bonds. The summed E-state index contributed by atoms with van der Waals surface area (Å²) in [7, 11) is 0.851. The zero-order valence-electron chi connectivity index (χ0n) is 35.2. The second kappa shape index (κ2) is 20.0. The van der Waals surface area contributed by atoms with Gasteiger partial charge in [0.1, 0.15) is 9.52 Å². The van der Waals surface area contributed by atoms with Gasteiger partial charge >= 0.3 is 26.2 Å². The minimum Gasteiger partial charge on any atom is -1.00 e. The Kier molecular flexibility index (Phi) is 16.2. The van der Waals surface area contributed by atoms with Crippen molar-refractivity contribution in [1.82, 2.24) is 0 Å². The Morgan fingerprint density at radius 3 is 1.12 bits per heavy atom. The van der Waals surface area contributed by atoms with E-state index in [2.05, 4.69) is 213 Å². The number of rotatable bonds is 4. The van der Waals surface area contributed by atoms with Gasteiger partial charge in [-0.2, -0.15) is 12.1 Å². The Morgan fingerprint density at radius 1 is 0.431 bits per heavy atom. The molecule has 58 heavy (non-hydrogen) atoms. The van der Waals surface area contributed by atoms with Gasteiger partial charge < -0.3 is 24.8 Å². The average Bonchev–Trinajstić information content (AvgIpc) is 3.93. The van der Waals surface area contributed by atoms with Crippen molar-refractivity contribution < 1.29 is 51.0 Å². The molecule has 0 saturated carbocycles. The fraction of sp³-hybridized carbons (Fsp3) is 0.222. The van der Waals surface area contributed by atoms with Gasteiger partial charge in [-0.15, -0.1) is 69.1 Å². The maximum absolute atomic E-state index is 2.34. The second-order valence-electron chi connectivity index (χ2n) is 16.9. The third-order valence-electron chi connectivity index (χ3n) is 11.0. The van der Waals surface area contributed by atoms with Gasteiger partial charge in [0.25, 0.3) is 0 Å². The van der Waals surface area contributed by atoms with Gasteiger partial charge in [-0.1, -0.05) is 186 Å². The summed E-state index contributed by atoms with van der Waals surface area (Å²) in [5.74, 6) is 0. The molecule has 0 nitrogen and oxygen atoms in total. The number of fused-ring (bicyclic) bond motifs is 5. The Hall–Kier alpha value is -3.78. The summed E-state index contributed by atoms with van der Waals surface area (Å²) < 4.78 is 0. The molecule has 1 heterocycles. The molecule has 1 aliphatic heterocycles. The van der Waals surface area contributed by atoms with Gasteiger partial charge in [0.15, 0.2) is 0 Å². The molecule has 0 aliphatic carbocycles. The molecule has 0 saturated heterocycles. The van der Waals surface area contributed by atoms with Crippen LogP contribution in [-0.2, 0) is 49.9 Å². The van der Waals surface area contributed by atoms with Crippen molar-refractivity contribution in [2.45, 2.75) is 79.1 Å². The SMILES string of the molecule is CCc1cc2c(-c3ccc(C(C)(C)C)cc3)cccc2[cH-]1.CCc1cc2c(-c3ccc(C(C)(C)C)cc3)cccc2[cH-]1.[Cl-].[Cl-].[Zr+4].c1ccc2c(c1)[Si]c1ccccc1-2. The summed E-state index contributed by atoms with van der Waals surface area (Å²) in [6.07, 6.45) is 2.19. The van der Waals surface area contributed by atoms with Gasteiger partial charge in [0, 0.05) is 0 Å². The first-order chi connectivity index (χ1) is 26.4. The molecule has 8 aromatic rings. The summed E-state index contributed by atoms with van der Waals surface area (Å²) in [5, 5.41) is 8.43. The van der Waals surface area contributed by atoms with Crippen LogP contribution < -0.4 is 35.2 Å². The smallest absolute Gasteiger partial charge is 1.00 e. The number of benzene rings is 6. The van der Waals surface area contributed by atoms with Crippen LogP contribution in [0.15, 0.2) is 158 Å². The van der Waals surface area contributed by atoms with Gasteiger partial charge in [0.05, 0.1) is 0 Å². The molecular weight excluding hydrogens is 839 g/mol. The second-order valence-corrected chi connectivity index (χ2v) is 18.2. The zero-order valence-corrected chi connectivity index (χ0v) is 40.2. The molecule has 0 N–H and O–H groups in total. The minimum absolute atomic E-state index is 0. The van der Waals surface area contributed by atoms with Crippen LogP contribution in [0.25, 0.3) is 54.9 Å². The van der Waals surface area contributed by atoms with Crippen molar-refractivity contribution in [2.24, 2.45) is 0 Å². The summed E-state index contributed by atoms with van der Waals surface area (Å²) >= 11 is 0. The van der Waals surface area contributed by atoms with E-state index in [-0.39, 0.29) is 61.8 Å². The minimum atomic E-state index is 0. The van der Waals surface area contributed by atoms with Gasteiger partial charge in [-0.3, -0.25) is 0 Å². The van der Waals surface area contributed by atoms with Crippen LogP contribution in [0.4, 0.5) is 0 Å². The predicted octanol–water partition coefficient (Wildman–Crippen LogP) is 7.50. The molecule has 4 heteroatoms. The Bertz CT molecular complexity index is 2360. The van der Waals surface area contributed by atoms with Gasteiger partial charge in [-0.05, 0) is 57.1 Å². The van der Waals surface area contributed by atoms with Crippen molar-refractivity contribution in [3.8, 4) is 33.4 Å². The maximum Gasteiger partial charge on any atom is 4.00 e. The van der Waals surface area contributed by atoms with Crippen LogP contribution in [-0.4, -0.2) is 9.52 Å². The summed E-state index contributed by atoms with van der Waals surface area (Å²) in [6, 6.07) is 57.9. The molecule has 0 unspecified atom stereocenters. The molecule has 0 bridgehead atoms. The van der Waals surface area contributed by atoms with Crippen LogP contribution in [0.2, 0.25) is 0 Å². The van der Waals surface area contributed by atoms with E-state index in [4.69, 9.17) is 0 Å².